The molecule has 1 rings (SSSR count). The van der Waals surface area contributed by atoms with Crippen LogP contribution in [0, 0.1) is 0 Å². The number of hydrogen-bond donors (Lipinski definition) is 1. The van der Waals surface area contributed by atoms with Gasteiger partial charge in [0.15, 0.2) is 0 Å². The van der Waals surface area contributed by atoms with Crippen LogP contribution in [-0.4, -0.2) is 11.4 Å². The van der Waals surface area contributed by atoms with Crippen LogP contribution in [0.3, 0.4) is 0 Å². The number of halogens is 2. The molecule has 0 amide bonds. The summed E-state index contributed by atoms with van der Waals surface area (Å²) in [7, 11) is 0. The molecule has 0 aliphatic heterocycles. The molecule has 1 fully saturated rings. The summed E-state index contributed by atoms with van der Waals surface area (Å²) < 4.78 is 23.1. The van der Waals surface area contributed by atoms with E-state index in [1.54, 1.807) is 0 Å². The van der Waals surface area contributed by atoms with Gasteiger partial charge in [0.05, 0.1) is 5.49 Å². The van der Waals surface area contributed by atoms with E-state index in [0.29, 0.717) is 6.42 Å². The van der Waals surface area contributed by atoms with E-state index in [2.05, 4.69) is 18.0 Å². The maximum Gasteiger partial charge on any atom is 0.248 e. The fourth-order valence-electron chi connectivity index (χ4n) is 0.444. The number of alkyl halides is 2. The zero-order chi connectivity index (χ0) is 7.33. The second-order valence-electron chi connectivity index (χ2n) is 1.85. The summed E-state index contributed by atoms with van der Waals surface area (Å²) in [5.74, 6) is -2.28. The minimum atomic E-state index is -2.28. The normalized spacial score (nSPS) is 20.7. The summed E-state index contributed by atoms with van der Waals surface area (Å²) in [6.45, 7) is 0. The van der Waals surface area contributed by atoms with E-state index < -0.39 is 5.92 Å². The van der Waals surface area contributed by atoms with Gasteiger partial charge in [0.1, 0.15) is 0 Å². The minimum Gasteiger partial charge on any atom is -0.396 e. The van der Waals surface area contributed by atoms with Crippen molar-refractivity contribution in [1.29, 1.82) is 0 Å². The predicted molar refractivity (Wildman–Crippen MR) is 36.6 cm³/mol. The average molecular weight is 153 g/mol. The quantitative estimate of drug-likeness (QED) is 0.536. The van der Waals surface area contributed by atoms with E-state index in [-0.39, 0.29) is 12.8 Å². The number of rotatable bonds is 0. The first-order chi connectivity index (χ1) is 4.12. The van der Waals surface area contributed by atoms with Crippen molar-refractivity contribution < 1.29 is 8.78 Å². The molecule has 54 valence electrons. The molecule has 0 aromatic rings. The molecule has 1 aliphatic rings. The molecular formula is C5H9F2NS. The van der Waals surface area contributed by atoms with Crippen LogP contribution in [0.5, 0.6) is 0 Å². The standard InChI is InChI=1S/C4H6F2.CH3NS/c5-4(6)2-1-3-4;2-1-3/h1-3H2;1H,(H2,2,3). The third kappa shape index (κ3) is 4.27. The van der Waals surface area contributed by atoms with E-state index in [1.165, 1.54) is 0 Å². The molecule has 0 aromatic carbocycles. The Bertz CT molecular complexity index is 89.0. The van der Waals surface area contributed by atoms with Gasteiger partial charge in [-0.1, -0.05) is 12.2 Å². The maximum atomic E-state index is 11.5. The molecule has 1 saturated carbocycles. The van der Waals surface area contributed by atoms with Crippen LogP contribution in [0.2, 0.25) is 0 Å². The van der Waals surface area contributed by atoms with Gasteiger partial charge in [0.2, 0.25) is 5.92 Å². The van der Waals surface area contributed by atoms with Gasteiger partial charge < -0.3 is 5.73 Å². The van der Waals surface area contributed by atoms with Crippen molar-refractivity contribution in [3.63, 3.8) is 0 Å². The molecule has 0 aromatic heterocycles. The van der Waals surface area contributed by atoms with Gasteiger partial charge in [-0.15, -0.1) is 0 Å². The highest BCUT2D eigenvalue weighted by Crippen LogP contribution is 2.36. The first kappa shape index (κ1) is 8.75. The topological polar surface area (TPSA) is 26.0 Å². The van der Waals surface area contributed by atoms with Crippen molar-refractivity contribution in [3.8, 4) is 0 Å². The lowest BCUT2D eigenvalue weighted by Gasteiger charge is -2.23. The van der Waals surface area contributed by atoms with Crippen molar-refractivity contribution in [3.05, 3.63) is 0 Å². The third-order valence-electron chi connectivity index (χ3n) is 1.09. The Hall–Kier alpha value is -0.250. The van der Waals surface area contributed by atoms with Crippen molar-refractivity contribution in [1.82, 2.24) is 0 Å². The molecule has 0 bridgehead atoms. The van der Waals surface area contributed by atoms with Gasteiger partial charge in [0.25, 0.3) is 0 Å². The molecule has 0 atom stereocenters. The highest BCUT2D eigenvalue weighted by Gasteiger charge is 2.36. The SMILES string of the molecule is FC1(F)CCC1.NC=S. The largest absolute Gasteiger partial charge is 0.396 e. The molecule has 0 unspecified atom stereocenters. The second-order valence-corrected chi connectivity index (χ2v) is 2.12. The van der Waals surface area contributed by atoms with Gasteiger partial charge in [-0.3, -0.25) is 0 Å². The van der Waals surface area contributed by atoms with Gasteiger partial charge in [0, 0.05) is 12.8 Å². The summed E-state index contributed by atoms with van der Waals surface area (Å²) in [5.41, 5.74) is 5.62. The van der Waals surface area contributed by atoms with Gasteiger partial charge >= 0.3 is 0 Å². The lowest BCUT2D eigenvalue weighted by molar-refractivity contribution is -0.0716. The Morgan fingerprint density at radius 3 is 1.67 bits per heavy atom. The summed E-state index contributed by atoms with van der Waals surface area (Å²) in [6.07, 6.45) is 0.951. The van der Waals surface area contributed by atoms with Crippen LogP contribution in [-0.2, 0) is 0 Å². The van der Waals surface area contributed by atoms with Crippen LogP contribution in [0.25, 0.3) is 0 Å². The molecule has 0 radical (unpaired) electrons. The van der Waals surface area contributed by atoms with E-state index in [4.69, 9.17) is 0 Å². The number of hydrogen-bond acceptors (Lipinski definition) is 1. The molecule has 1 nitrogen and oxygen atoms in total. The number of thiocarbonyl (C=S) groups is 1. The first-order valence-corrected chi connectivity index (χ1v) is 3.13. The molecule has 1 aliphatic carbocycles. The van der Waals surface area contributed by atoms with Crippen molar-refractivity contribution in [2.24, 2.45) is 5.73 Å². The zero-order valence-electron chi connectivity index (χ0n) is 4.94. The minimum absolute atomic E-state index is 0.118. The van der Waals surface area contributed by atoms with Crippen LogP contribution in [0.4, 0.5) is 8.78 Å². The summed E-state index contributed by atoms with van der Waals surface area (Å²) in [4.78, 5) is 0. The van der Waals surface area contributed by atoms with Crippen molar-refractivity contribution in [2.45, 2.75) is 25.2 Å². The lowest BCUT2D eigenvalue weighted by Crippen LogP contribution is -2.24. The Labute approximate surface area is 58.2 Å². The van der Waals surface area contributed by atoms with Gasteiger partial charge in [-0.05, 0) is 6.42 Å². The molecule has 4 heteroatoms. The maximum absolute atomic E-state index is 11.5. The second kappa shape index (κ2) is 3.71. The molecule has 0 spiro atoms. The van der Waals surface area contributed by atoms with E-state index in [9.17, 15) is 8.78 Å². The van der Waals surface area contributed by atoms with Crippen molar-refractivity contribution >= 4 is 17.7 Å². The van der Waals surface area contributed by atoms with Crippen LogP contribution < -0.4 is 5.73 Å². The molecule has 0 heterocycles. The summed E-state index contributed by atoms with van der Waals surface area (Å²) >= 11 is 4.05. The van der Waals surface area contributed by atoms with Crippen LogP contribution >= 0.6 is 12.2 Å². The Morgan fingerprint density at radius 2 is 1.67 bits per heavy atom. The zero-order valence-corrected chi connectivity index (χ0v) is 5.76. The summed E-state index contributed by atoms with van der Waals surface area (Å²) in [5, 5.41) is 0. The molecule has 0 saturated heterocycles. The highest BCUT2D eigenvalue weighted by atomic mass is 32.1. The van der Waals surface area contributed by atoms with E-state index >= 15 is 0 Å². The highest BCUT2D eigenvalue weighted by molar-refractivity contribution is 7.78. The first-order valence-electron chi connectivity index (χ1n) is 2.65. The van der Waals surface area contributed by atoms with Crippen LogP contribution in [0.1, 0.15) is 19.3 Å². The summed E-state index contributed by atoms with van der Waals surface area (Å²) in [6, 6.07) is 0. The van der Waals surface area contributed by atoms with E-state index in [0.717, 1.165) is 5.49 Å². The molecular weight excluding hydrogens is 144 g/mol. The Balaban J connectivity index is 0.000000187. The Morgan fingerprint density at radius 1 is 1.44 bits per heavy atom. The fourth-order valence-corrected chi connectivity index (χ4v) is 0.444. The monoisotopic (exact) mass is 153 g/mol. The molecule has 2 N–H and O–H groups in total. The smallest absolute Gasteiger partial charge is 0.248 e. The third-order valence-corrected chi connectivity index (χ3v) is 1.09. The predicted octanol–water partition coefficient (Wildman–Crippen LogP) is 1.71. The van der Waals surface area contributed by atoms with Crippen LogP contribution in [0.15, 0.2) is 0 Å². The molecule has 9 heavy (non-hydrogen) atoms. The van der Waals surface area contributed by atoms with E-state index in [1.807, 2.05) is 0 Å². The fraction of sp³-hybridized carbons (Fsp3) is 0.800. The van der Waals surface area contributed by atoms with Crippen molar-refractivity contribution in [2.75, 3.05) is 0 Å². The van der Waals surface area contributed by atoms with Gasteiger partial charge in [-0.2, -0.15) is 0 Å². The number of nitrogens with two attached hydrogens (primary N) is 1. The lowest BCUT2D eigenvalue weighted by atomic mass is 9.95. The van der Waals surface area contributed by atoms with Gasteiger partial charge in [-0.25, -0.2) is 8.78 Å². The Kier molecular flexibility index (Phi) is 3.61. The average Bonchev–Trinajstić information content (AvgIpc) is 1.65.